The molecular weight excluding hydrogens is 437 g/mol. The van der Waals surface area contributed by atoms with Gasteiger partial charge in [-0.05, 0) is 29.8 Å². The lowest BCUT2D eigenvalue weighted by Crippen LogP contribution is -2.14. The highest BCUT2D eigenvalue weighted by Crippen LogP contribution is 2.33. The van der Waals surface area contributed by atoms with Crippen LogP contribution in [0.3, 0.4) is 0 Å². The van der Waals surface area contributed by atoms with Crippen molar-refractivity contribution in [2.24, 2.45) is 0 Å². The van der Waals surface area contributed by atoms with Crippen LogP contribution in [0.25, 0.3) is 11.0 Å². The first-order chi connectivity index (χ1) is 13.6. The van der Waals surface area contributed by atoms with E-state index in [1.165, 1.54) is 29.3 Å². The Bertz CT molecular complexity index is 1150. The van der Waals surface area contributed by atoms with Crippen molar-refractivity contribution in [2.75, 3.05) is 5.32 Å². The quantitative estimate of drug-likeness (QED) is 0.328. The average molecular weight is 448 g/mol. The predicted octanol–water partition coefficient (Wildman–Crippen LogP) is 5.33. The van der Waals surface area contributed by atoms with Gasteiger partial charge in [0.25, 0.3) is 5.91 Å². The number of para-hydroxylation sites is 2. The summed E-state index contributed by atoms with van der Waals surface area (Å²) in [5, 5.41) is 12.4. The third-order valence-corrected chi connectivity index (χ3v) is 6.42. The van der Waals surface area contributed by atoms with E-state index in [4.69, 9.17) is 23.2 Å². The van der Waals surface area contributed by atoms with Crippen LogP contribution < -0.4 is 5.32 Å². The maximum Gasteiger partial charge on any atom is 0.277 e. The zero-order valence-corrected chi connectivity index (χ0v) is 17.2. The lowest BCUT2D eigenvalue weighted by molar-refractivity contribution is 0.102. The van der Waals surface area contributed by atoms with Crippen LogP contribution in [0.5, 0.6) is 0 Å². The van der Waals surface area contributed by atoms with E-state index in [2.05, 4.69) is 25.5 Å². The normalized spacial score (nSPS) is 10.9. The Kier molecular flexibility index (Phi) is 5.72. The number of amides is 1. The van der Waals surface area contributed by atoms with Crippen LogP contribution in [0.15, 0.2) is 53.0 Å². The molecule has 0 saturated heterocycles. The largest absolute Gasteiger partial charge is 0.295 e. The van der Waals surface area contributed by atoms with Gasteiger partial charge in [-0.3, -0.25) is 15.1 Å². The second-order valence-corrected chi connectivity index (χ2v) is 8.57. The summed E-state index contributed by atoms with van der Waals surface area (Å²) in [6, 6.07) is 12.7. The molecule has 140 valence electrons. The fourth-order valence-electron chi connectivity index (χ4n) is 2.35. The molecule has 2 aromatic carbocycles. The molecule has 4 rings (SSSR count). The number of nitrogens with zero attached hydrogens (tertiary/aromatic N) is 4. The summed E-state index contributed by atoms with van der Waals surface area (Å²) >= 11 is 15.1. The molecule has 0 aliphatic heterocycles. The summed E-state index contributed by atoms with van der Waals surface area (Å²) in [6.07, 6.45) is 1.44. The van der Waals surface area contributed by atoms with Crippen molar-refractivity contribution >= 4 is 68.4 Å². The monoisotopic (exact) mass is 447 g/mol. The highest BCUT2D eigenvalue weighted by atomic mass is 35.5. The van der Waals surface area contributed by atoms with Gasteiger partial charge in [-0.15, -0.1) is 10.2 Å². The third-order valence-electron chi connectivity index (χ3n) is 3.71. The minimum Gasteiger partial charge on any atom is -0.295 e. The summed E-state index contributed by atoms with van der Waals surface area (Å²) < 4.78 is 0.691. The molecule has 0 atom stereocenters. The molecule has 1 amide bonds. The summed E-state index contributed by atoms with van der Waals surface area (Å²) in [7, 11) is 0. The van der Waals surface area contributed by atoms with Gasteiger partial charge in [-0.25, -0.2) is 4.98 Å². The van der Waals surface area contributed by atoms with Crippen LogP contribution in [-0.4, -0.2) is 26.1 Å². The van der Waals surface area contributed by atoms with Gasteiger partial charge in [0.05, 0.1) is 17.2 Å². The van der Waals surface area contributed by atoms with Gasteiger partial charge in [0.1, 0.15) is 5.69 Å². The molecule has 28 heavy (non-hydrogen) atoms. The van der Waals surface area contributed by atoms with Crippen molar-refractivity contribution in [3.8, 4) is 0 Å². The van der Waals surface area contributed by atoms with Crippen molar-refractivity contribution in [1.82, 2.24) is 20.2 Å². The summed E-state index contributed by atoms with van der Waals surface area (Å²) in [4.78, 5) is 21.0. The van der Waals surface area contributed by atoms with E-state index < -0.39 is 0 Å². The zero-order valence-electron chi connectivity index (χ0n) is 14.1. The summed E-state index contributed by atoms with van der Waals surface area (Å²) in [5.41, 5.74) is 2.43. The number of thioether (sulfide) groups is 1. The zero-order chi connectivity index (χ0) is 19.5. The highest BCUT2D eigenvalue weighted by Gasteiger charge is 2.14. The molecular formula is C18H11Cl2N5OS2. The highest BCUT2D eigenvalue weighted by molar-refractivity contribution is 8.00. The van der Waals surface area contributed by atoms with Gasteiger partial charge >= 0.3 is 0 Å². The standard InChI is InChI=1S/C18H11Cl2N5OS2/c19-11-4-3-5-12(20)10(11)9-27-18-25-24-17(28-18)23-16(26)15-8-21-13-6-1-2-7-14(13)22-15/h1-8H,9H2,(H,23,24,26). The average Bonchev–Trinajstić information content (AvgIpc) is 3.14. The Morgan fingerprint density at radius 2 is 1.79 bits per heavy atom. The lowest BCUT2D eigenvalue weighted by atomic mass is 10.2. The van der Waals surface area contributed by atoms with E-state index >= 15 is 0 Å². The van der Waals surface area contributed by atoms with Crippen LogP contribution in [0.2, 0.25) is 10.0 Å². The predicted molar refractivity (Wildman–Crippen MR) is 113 cm³/mol. The van der Waals surface area contributed by atoms with Crippen LogP contribution >= 0.6 is 46.3 Å². The van der Waals surface area contributed by atoms with Crippen LogP contribution in [0.4, 0.5) is 5.13 Å². The van der Waals surface area contributed by atoms with Crippen molar-refractivity contribution in [3.05, 3.63) is 70.0 Å². The van der Waals surface area contributed by atoms with Gasteiger partial charge in [-0.2, -0.15) is 0 Å². The Hall–Kier alpha value is -2.26. The van der Waals surface area contributed by atoms with Crippen LogP contribution in [0, 0.1) is 0 Å². The number of carbonyl (C=O) groups is 1. The van der Waals surface area contributed by atoms with Gasteiger partial charge in [0.2, 0.25) is 5.13 Å². The number of anilines is 1. The maximum absolute atomic E-state index is 12.4. The smallest absolute Gasteiger partial charge is 0.277 e. The number of rotatable bonds is 5. The maximum atomic E-state index is 12.4. The Labute approximate surface area is 178 Å². The first-order valence-electron chi connectivity index (χ1n) is 8.02. The van der Waals surface area contributed by atoms with Crippen LogP contribution in [0.1, 0.15) is 16.1 Å². The van der Waals surface area contributed by atoms with Gasteiger partial charge < -0.3 is 0 Å². The summed E-state index contributed by atoms with van der Waals surface area (Å²) in [5.74, 6) is 0.164. The lowest BCUT2D eigenvalue weighted by Gasteiger charge is -2.04. The molecule has 2 aromatic heterocycles. The van der Waals surface area contributed by atoms with E-state index in [1.807, 2.05) is 18.2 Å². The molecule has 0 fully saturated rings. The van der Waals surface area contributed by atoms with E-state index in [0.29, 0.717) is 30.8 Å². The molecule has 4 aromatic rings. The molecule has 0 aliphatic carbocycles. The van der Waals surface area contributed by atoms with Gasteiger partial charge in [0, 0.05) is 15.8 Å². The van der Waals surface area contributed by atoms with Crippen molar-refractivity contribution in [3.63, 3.8) is 0 Å². The number of hydrogen-bond acceptors (Lipinski definition) is 7. The van der Waals surface area contributed by atoms with Crippen molar-refractivity contribution < 1.29 is 4.79 Å². The third kappa shape index (κ3) is 4.25. The summed E-state index contributed by atoms with van der Waals surface area (Å²) in [6.45, 7) is 0. The first-order valence-corrected chi connectivity index (χ1v) is 10.6. The second kappa shape index (κ2) is 8.40. The van der Waals surface area contributed by atoms with Crippen molar-refractivity contribution in [1.29, 1.82) is 0 Å². The molecule has 0 aliphatic rings. The molecule has 0 unspecified atom stereocenters. The fraction of sp³-hybridized carbons (Fsp3) is 0.0556. The van der Waals surface area contributed by atoms with E-state index in [1.54, 1.807) is 24.3 Å². The molecule has 0 spiro atoms. The number of benzene rings is 2. The molecule has 0 bridgehead atoms. The SMILES string of the molecule is O=C(Nc1nnc(SCc2c(Cl)cccc2Cl)s1)c1cnc2ccccc2n1. The van der Waals surface area contributed by atoms with E-state index in [0.717, 1.165) is 11.1 Å². The Morgan fingerprint density at radius 1 is 1.04 bits per heavy atom. The van der Waals surface area contributed by atoms with E-state index in [-0.39, 0.29) is 11.6 Å². The number of halogens is 2. The number of carbonyl (C=O) groups excluding carboxylic acids is 1. The fourth-order valence-corrected chi connectivity index (χ4v) is 4.84. The molecule has 1 N–H and O–H groups in total. The minimum atomic E-state index is -0.389. The first kappa shape index (κ1) is 19.1. The van der Waals surface area contributed by atoms with Crippen LogP contribution in [-0.2, 0) is 5.75 Å². The molecule has 0 radical (unpaired) electrons. The Balaban J connectivity index is 1.43. The molecule has 2 heterocycles. The van der Waals surface area contributed by atoms with E-state index in [9.17, 15) is 4.79 Å². The molecule has 0 saturated carbocycles. The topological polar surface area (TPSA) is 80.7 Å². The molecule has 10 heteroatoms. The number of aromatic nitrogens is 4. The number of nitrogens with one attached hydrogen (secondary N) is 1. The van der Waals surface area contributed by atoms with Gasteiger partial charge in [-0.1, -0.05) is 64.5 Å². The number of fused-ring (bicyclic) bond motifs is 1. The second-order valence-electron chi connectivity index (χ2n) is 5.56. The van der Waals surface area contributed by atoms with Gasteiger partial charge in [0.15, 0.2) is 4.34 Å². The number of hydrogen-bond donors (Lipinski definition) is 1. The molecule has 6 nitrogen and oxygen atoms in total. The van der Waals surface area contributed by atoms with Crippen molar-refractivity contribution in [2.45, 2.75) is 10.1 Å². The Morgan fingerprint density at radius 3 is 2.57 bits per heavy atom. The minimum absolute atomic E-state index is 0.214.